The lowest BCUT2D eigenvalue weighted by Crippen LogP contribution is -2.47. The minimum atomic E-state index is -3.30. The van der Waals surface area contributed by atoms with Gasteiger partial charge >= 0.3 is 9.96 Å². The highest BCUT2D eigenvalue weighted by Crippen LogP contribution is 2.66. The zero-order chi connectivity index (χ0) is 27.4. The van der Waals surface area contributed by atoms with Gasteiger partial charge in [-0.05, 0) is 77.0 Å². The first-order valence-corrected chi connectivity index (χ1v) is 16.9. The van der Waals surface area contributed by atoms with Crippen molar-refractivity contribution in [1.29, 1.82) is 0 Å². The Morgan fingerprint density at radius 2 is 2.28 bits per heavy atom. The van der Waals surface area contributed by atoms with Gasteiger partial charge in [-0.2, -0.15) is 8.78 Å². The highest BCUT2D eigenvalue weighted by molar-refractivity contribution is 14.2. The van der Waals surface area contributed by atoms with Gasteiger partial charge in [0.05, 0.1) is 5.56 Å². The molecule has 2 aliphatic carbocycles. The molecule has 4 fully saturated rings. The number of urea groups is 1. The van der Waals surface area contributed by atoms with Gasteiger partial charge in [0, 0.05) is 73.0 Å². The van der Waals surface area contributed by atoms with E-state index in [1.165, 1.54) is 17.4 Å². The summed E-state index contributed by atoms with van der Waals surface area (Å²) >= 11 is -0.133. The Morgan fingerprint density at radius 1 is 1.44 bits per heavy atom. The number of amides is 2. The van der Waals surface area contributed by atoms with Crippen molar-refractivity contribution < 1.29 is 18.0 Å². The first-order chi connectivity index (χ1) is 18.7. The molecule has 3 unspecified atom stereocenters. The van der Waals surface area contributed by atoms with Crippen molar-refractivity contribution >= 4 is 48.3 Å². The summed E-state index contributed by atoms with van der Waals surface area (Å²) in [6.45, 7) is 3.99. The van der Waals surface area contributed by atoms with Crippen LogP contribution in [0.5, 0.6) is 0 Å². The maximum Gasteiger partial charge on any atom is 0.322 e. The van der Waals surface area contributed by atoms with Crippen molar-refractivity contribution in [3.63, 3.8) is 0 Å². The second-order valence-electron chi connectivity index (χ2n) is 11.2. The summed E-state index contributed by atoms with van der Waals surface area (Å²) in [5.74, 6) is -0.641. The molecule has 4 N–H and O–H groups in total. The van der Waals surface area contributed by atoms with E-state index < -0.39 is 36.0 Å². The average molecular weight is 675 g/mol. The van der Waals surface area contributed by atoms with Crippen LogP contribution in [0.2, 0.25) is 0 Å². The number of aromatic nitrogens is 1. The van der Waals surface area contributed by atoms with Gasteiger partial charge in [-0.1, -0.05) is 4.51 Å². The van der Waals surface area contributed by atoms with Crippen molar-refractivity contribution in [1.82, 2.24) is 20.1 Å². The van der Waals surface area contributed by atoms with E-state index in [9.17, 15) is 18.0 Å². The summed E-state index contributed by atoms with van der Waals surface area (Å²) in [4.78, 5) is 23.8. The zero-order valence-electron chi connectivity index (χ0n) is 21.6. The number of halogens is 4. The predicted molar refractivity (Wildman–Crippen MR) is 156 cm³/mol. The van der Waals surface area contributed by atoms with Gasteiger partial charge in [-0.15, -0.1) is 11.3 Å². The number of piperazine rings is 1. The molecule has 0 radical (unpaired) electrons. The van der Waals surface area contributed by atoms with Crippen molar-refractivity contribution in [3.05, 3.63) is 45.7 Å². The second-order valence-corrected chi connectivity index (χ2v) is 14.4. The van der Waals surface area contributed by atoms with Crippen LogP contribution < -0.4 is 16.4 Å². The van der Waals surface area contributed by atoms with Crippen LogP contribution in [0.15, 0.2) is 24.4 Å². The van der Waals surface area contributed by atoms with Crippen molar-refractivity contribution in [2.24, 2.45) is 11.7 Å². The molecule has 2 aliphatic heterocycles. The number of thiazole rings is 1. The number of hydrogen-bond donors (Lipinski definition) is 3. The molecule has 0 spiro atoms. The third-order valence-electron chi connectivity index (χ3n) is 9.07. The Morgan fingerprint density at radius 3 is 2.95 bits per heavy atom. The summed E-state index contributed by atoms with van der Waals surface area (Å²) < 4.78 is 43.0. The first-order valence-electron chi connectivity index (χ1n) is 13.5. The fraction of sp³-hybridized carbons (Fsp3) is 0.593. The van der Waals surface area contributed by atoms with E-state index >= 15 is 0 Å². The average Bonchev–Trinajstić information content (AvgIpc) is 3.44. The standard InChI is InChI=1S/C27H34F3IN6OS/c1-31-27(29,30)19-10-16(3-4-21(19)28)35-25(38)37(8-2-7-36-15-17-9-18(36)13-33-17)22-5-6-26(11-20(22)26)23-14-34-24(12-32)39-23/h3-4,10,14,17-18,20,22,33H,1-2,5-9,11-13,15,32H2,(H,35,38)/t17?,18?,20?,22-,26+/m1/s1. The molecule has 6 rings (SSSR count). The summed E-state index contributed by atoms with van der Waals surface area (Å²) in [7, 11) is 0. The highest BCUT2D eigenvalue weighted by atomic mass is 127. The summed E-state index contributed by atoms with van der Waals surface area (Å²) in [6, 6.07) is 4.29. The summed E-state index contributed by atoms with van der Waals surface area (Å²) in [6.07, 6.45) is 6.84. The number of likely N-dealkylation sites (tertiary alicyclic amines) is 1. The summed E-state index contributed by atoms with van der Waals surface area (Å²) in [5.41, 5.74) is 5.33. The fourth-order valence-electron chi connectivity index (χ4n) is 7.02. The van der Waals surface area contributed by atoms with Crippen LogP contribution >= 0.6 is 32.1 Å². The molecule has 4 aliphatic rings. The lowest BCUT2D eigenvalue weighted by molar-refractivity contribution is 0.122. The minimum absolute atomic E-state index is 0.0525. The number of anilines is 1. The highest BCUT2D eigenvalue weighted by Gasteiger charge is 2.65. The van der Waals surface area contributed by atoms with E-state index in [2.05, 4.69) is 25.0 Å². The number of benzene rings is 1. The second kappa shape index (κ2) is 10.7. The predicted octanol–water partition coefficient (Wildman–Crippen LogP) is 4.58. The first kappa shape index (κ1) is 27.6. The molecule has 39 heavy (non-hydrogen) atoms. The molecule has 212 valence electrons. The Labute approximate surface area is 240 Å². The van der Waals surface area contributed by atoms with Gasteiger partial charge in [0.1, 0.15) is 10.8 Å². The monoisotopic (exact) mass is 674 g/mol. The van der Waals surface area contributed by atoms with Crippen LogP contribution in [0.4, 0.5) is 23.7 Å². The number of fused-ring (bicyclic) bond motifs is 3. The molecule has 2 saturated heterocycles. The van der Waals surface area contributed by atoms with E-state index in [-0.39, 0.29) is 23.2 Å². The topological polar surface area (TPSA) is 86.5 Å². The van der Waals surface area contributed by atoms with E-state index in [4.69, 9.17) is 5.73 Å². The fourth-order valence-corrected chi connectivity index (χ4v) is 8.93. The van der Waals surface area contributed by atoms with Crippen molar-refractivity contribution in [3.8, 4) is 0 Å². The molecule has 5 atom stereocenters. The molecule has 3 heterocycles. The van der Waals surface area contributed by atoms with Crippen LogP contribution in [0.3, 0.4) is 0 Å². The zero-order valence-corrected chi connectivity index (χ0v) is 24.6. The molecule has 7 nitrogen and oxygen atoms in total. The van der Waals surface area contributed by atoms with Gasteiger partial charge in [-0.3, -0.25) is 4.90 Å². The van der Waals surface area contributed by atoms with Gasteiger partial charge in [0.2, 0.25) is 0 Å². The number of hydrogen-bond acceptors (Lipinski definition) is 6. The Kier molecular flexibility index (Phi) is 7.53. The molecular formula is C27H34F3IN6OS. The number of alkyl halides is 3. The van der Waals surface area contributed by atoms with Crippen molar-refractivity contribution in [2.75, 3.05) is 31.5 Å². The van der Waals surface area contributed by atoms with E-state index in [0.29, 0.717) is 31.1 Å². The number of nitrogens with one attached hydrogen (secondary N) is 2. The number of nitrogens with two attached hydrogens (primary N) is 1. The third-order valence-corrected chi connectivity index (χ3v) is 11.8. The van der Waals surface area contributed by atoms with Gasteiger partial charge < -0.3 is 21.3 Å². The van der Waals surface area contributed by atoms with Gasteiger partial charge in [0.15, 0.2) is 0 Å². The maximum absolute atomic E-state index is 14.3. The lowest BCUT2D eigenvalue weighted by Gasteiger charge is -2.32. The molecule has 2 saturated carbocycles. The normalized spacial score (nSPS) is 29.5. The Balaban J connectivity index is 1.19. The minimum Gasteiger partial charge on any atom is -0.325 e. The molecule has 12 heteroatoms. The Hall–Kier alpha value is -1.61. The van der Waals surface area contributed by atoms with Crippen LogP contribution in [0.1, 0.15) is 47.6 Å². The number of nitrogens with zero attached hydrogens (tertiary/aromatic N) is 3. The Bertz CT molecular complexity index is 1260. The maximum atomic E-state index is 14.3. The van der Waals surface area contributed by atoms with E-state index in [1.807, 2.05) is 11.1 Å². The van der Waals surface area contributed by atoms with Crippen LogP contribution in [-0.2, 0) is 15.9 Å². The lowest BCUT2D eigenvalue weighted by atomic mass is 10.0. The van der Waals surface area contributed by atoms with E-state index in [0.717, 1.165) is 62.5 Å². The molecule has 2 aromatic rings. The molecule has 2 amide bonds. The van der Waals surface area contributed by atoms with E-state index in [1.54, 1.807) is 11.3 Å². The van der Waals surface area contributed by atoms with Gasteiger partial charge in [0.25, 0.3) is 0 Å². The number of carbonyl (C=O) groups is 1. The van der Waals surface area contributed by atoms with Crippen LogP contribution in [0.25, 0.3) is 0 Å². The third kappa shape index (κ3) is 5.15. The SMILES string of the molecule is C=IC(F)(F)c1cc(NC(=O)N(CCCN2CC3CC2CN3)[C@@H]2CC[C@]3(c4cnc(CN)s4)CC23)ccc1F. The molecular weight excluding hydrogens is 640 g/mol. The number of rotatable bonds is 10. The van der Waals surface area contributed by atoms with Gasteiger partial charge in [-0.25, -0.2) is 14.2 Å². The van der Waals surface area contributed by atoms with Crippen LogP contribution in [0, 0.1) is 11.7 Å². The summed E-state index contributed by atoms with van der Waals surface area (Å²) in [5, 5.41) is 7.27. The molecule has 1 aromatic carbocycles. The quantitative estimate of drug-likeness (QED) is 0.254. The molecule has 1 aromatic heterocycles. The largest absolute Gasteiger partial charge is 0.325 e. The van der Waals surface area contributed by atoms with Crippen LogP contribution in [-0.4, -0.2) is 69.6 Å². The van der Waals surface area contributed by atoms with Crippen molar-refractivity contribution in [2.45, 2.75) is 66.1 Å². The molecule has 2 bridgehead atoms. The smallest absolute Gasteiger partial charge is 0.322 e. The number of carbonyl (C=O) groups excluding carboxylic acids is 1.